The van der Waals surface area contributed by atoms with Crippen LogP contribution in [0.4, 0.5) is 10.1 Å². The molecule has 0 radical (unpaired) electrons. The molecule has 0 bridgehead atoms. The fraction of sp³-hybridized carbons (Fsp3) is 0.333. The van der Waals surface area contributed by atoms with Crippen molar-refractivity contribution in [2.75, 3.05) is 31.1 Å². The summed E-state index contributed by atoms with van der Waals surface area (Å²) >= 11 is 0. The van der Waals surface area contributed by atoms with Gasteiger partial charge in [-0.15, -0.1) is 0 Å². The molecular formula is C15H17FN2O5. The van der Waals surface area contributed by atoms with Gasteiger partial charge in [0.15, 0.2) is 5.58 Å². The average molecular weight is 324 g/mol. The zero-order valence-corrected chi connectivity index (χ0v) is 12.5. The minimum absolute atomic E-state index is 0.160. The average Bonchev–Trinajstić information content (AvgIpc) is 3.02. The van der Waals surface area contributed by atoms with Crippen molar-refractivity contribution in [3.63, 3.8) is 0 Å². The van der Waals surface area contributed by atoms with E-state index in [0.29, 0.717) is 5.56 Å². The lowest BCUT2D eigenvalue weighted by molar-refractivity contribution is -0.159. The van der Waals surface area contributed by atoms with Crippen molar-refractivity contribution in [1.29, 1.82) is 0 Å². The van der Waals surface area contributed by atoms with Crippen LogP contribution in [0.2, 0.25) is 0 Å². The zero-order valence-electron chi connectivity index (χ0n) is 12.5. The number of aryl methyl sites for hydroxylation is 1. The molecule has 0 aliphatic carbocycles. The summed E-state index contributed by atoms with van der Waals surface area (Å²) in [7, 11) is 0. The molecule has 0 saturated carbocycles. The molecule has 1 fully saturated rings. The molecule has 1 aromatic heterocycles. The third-order valence-corrected chi connectivity index (χ3v) is 3.56. The van der Waals surface area contributed by atoms with E-state index in [0.717, 1.165) is 42.8 Å². The number of hydrogen-bond donors (Lipinski definition) is 3. The standard InChI is InChI=1S/C13H15FN2O.C2H2O4/c1-9-10-2-7-17-13(10)12(8-11(9)14)16-5-3-15-4-6-16;3-1(4)2(5)6/h2,7-8,15H,3-6H2,1H3;(H,3,4)(H,5,6). The number of nitrogens with one attached hydrogen (secondary N) is 1. The summed E-state index contributed by atoms with van der Waals surface area (Å²) in [6.45, 7) is 5.42. The van der Waals surface area contributed by atoms with Crippen molar-refractivity contribution < 1.29 is 28.6 Å². The fourth-order valence-electron chi connectivity index (χ4n) is 2.37. The second-order valence-corrected chi connectivity index (χ2v) is 5.01. The normalized spacial score (nSPS) is 14.3. The van der Waals surface area contributed by atoms with E-state index in [9.17, 15) is 4.39 Å². The third kappa shape index (κ3) is 3.78. The largest absolute Gasteiger partial charge is 0.473 e. The predicted octanol–water partition coefficient (Wildman–Crippen LogP) is 1.45. The molecule has 2 aromatic rings. The molecule has 1 aliphatic heterocycles. The van der Waals surface area contributed by atoms with Gasteiger partial charge < -0.3 is 24.8 Å². The maximum absolute atomic E-state index is 13.9. The molecule has 8 heteroatoms. The van der Waals surface area contributed by atoms with Gasteiger partial charge in [-0.05, 0) is 18.6 Å². The van der Waals surface area contributed by atoms with Crippen molar-refractivity contribution in [3.05, 3.63) is 29.8 Å². The highest BCUT2D eigenvalue weighted by atomic mass is 19.1. The summed E-state index contributed by atoms with van der Waals surface area (Å²) in [5, 5.41) is 18.9. The highest BCUT2D eigenvalue weighted by Gasteiger charge is 2.18. The van der Waals surface area contributed by atoms with Crippen LogP contribution >= 0.6 is 0 Å². The number of halogens is 1. The van der Waals surface area contributed by atoms with E-state index in [4.69, 9.17) is 24.2 Å². The van der Waals surface area contributed by atoms with Gasteiger partial charge in [0.05, 0.1) is 12.0 Å². The molecule has 3 N–H and O–H groups in total. The first kappa shape index (κ1) is 16.8. The van der Waals surface area contributed by atoms with Crippen LogP contribution in [0.25, 0.3) is 11.0 Å². The van der Waals surface area contributed by atoms with Crippen molar-refractivity contribution >= 4 is 28.6 Å². The molecule has 3 rings (SSSR count). The monoisotopic (exact) mass is 324 g/mol. The van der Waals surface area contributed by atoms with Crippen LogP contribution in [0.3, 0.4) is 0 Å². The smallest absolute Gasteiger partial charge is 0.414 e. The molecule has 23 heavy (non-hydrogen) atoms. The molecule has 124 valence electrons. The van der Waals surface area contributed by atoms with Crippen LogP contribution < -0.4 is 10.2 Å². The van der Waals surface area contributed by atoms with Crippen LogP contribution in [0.15, 0.2) is 22.8 Å². The second-order valence-electron chi connectivity index (χ2n) is 5.01. The Morgan fingerprint density at radius 3 is 2.43 bits per heavy atom. The van der Waals surface area contributed by atoms with Crippen molar-refractivity contribution in [3.8, 4) is 0 Å². The third-order valence-electron chi connectivity index (χ3n) is 3.56. The van der Waals surface area contributed by atoms with E-state index in [1.54, 1.807) is 19.3 Å². The van der Waals surface area contributed by atoms with Gasteiger partial charge in [0.2, 0.25) is 0 Å². The topological polar surface area (TPSA) is 103 Å². The number of benzene rings is 1. The molecule has 7 nitrogen and oxygen atoms in total. The Bertz CT molecular complexity index is 710. The molecule has 0 atom stereocenters. The number of anilines is 1. The van der Waals surface area contributed by atoms with Crippen LogP contribution in [-0.2, 0) is 9.59 Å². The highest BCUT2D eigenvalue weighted by Crippen LogP contribution is 2.32. The molecule has 0 amide bonds. The first-order chi connectivity index (χ1) is 10.9. The second kappa shape index (κ2) is 7.10. The van der Waals surface area contributed by atoms with Crippen molar-refractivity contribution in [2.24, 2.45) is 0 Å². The van der Waals surface area contributed by atoms with E-state index < -0.39 is 11.9 Å². The quantitative estimate of drug-likeness (QED) is 0.682. The number of carbonyl (C=O) groups is 2. The van der Waals surface area contributed by atoms with Crippen LogP contribution in [0.5, 0.6) is 0 Å². The predicted molar refractivity (Wildman–Crippen MR) is 81.3 cm³/mol. The van der Waals surface area contributed by atoms with E-state index in [1.807, 2.05) is 6.07 Å². The Morgan fingerprint density at radius 1 is 1.26 bits per heavy atom. The van der Waals surface area contributed by atoms with Gasteiger partial charge in [-0.3, -0.25) is 0 Å². The van der Waals surface area contributed by atoms with Gasteiger partial charge in [-0.1, -0.05) is 0 Å². The Balaban J connectivity index is 0.000000277. The first-order valence-electron chi connectivity index (χ1n) is 7.00. The minimum atomic E-state index is -1.82. The number of rotatable bonds is 1. The Labute approximate surface area is 131 Å². The zero-order chi connectivity index (χ0) is 17.0. The summed E-state index contributed by atoms with van der Waals surface area (Å²) in [6.07, 6.45) is 1.63. The molecule has 0 spiro atoms. The Kier molecular flexibility index (Phi) is 5.17. The molecule has 1 saturated heterocycles. The fourth-order valence-corrected chi connectivity index (χ4v) is 2.37. The lowest BCUT2D eigenvalue weighted by Gasteiger charge is -2.29. The highest BCUT2D eigenvalue weighted by molar-refractivity contribution is 6.27. The van der Waals surface area contributed by atoms with Crippen molar-refractivity contribution in [2.45, 2.75) is 6.92 Å². The van der Waals surface area contributed by atoms with Crippen LogP contribution in [-0.4, -0.2) is 48.3 Å². The van der Waals surface area contributed by atoms with E-state index in [2.05, 4.69) is 10.2 Å². The maximum Gasteiger partial charge on any atom is 0.414 e. The van der Waals surface area contributed by atoms with Gasteiger partial charge >= 0.3 is 11.9 Å². The van der Waals surface area contributed by atoms with E-state index >= 15 is 0 Å². The molecule has 0 unspecified atom stereocenters. The number of carboxylic acid groups (broad SMARTS) is 2. The molecule has 1 aliphatic rings. The number of carboxylic acids is 2. The van der Waals surface area contributed by atoms with Gasteiger partial charge in [-0.2, -0.15) is 0 Å². The van der Waals surface area contributed by atoms with Gasteiger partial charge in [0.25, 0.3) is 0 Å². The lowest BCUT2D eigenvalue weighted by atomic mass is 10.1. The van der Waals surface area contributed by atoms with Gasteiger partial charge in [0.1, 0.15) is 5.82 Å². The number of piperazine rings is 1. The SMILES string of the molecule is Cc1c(F)cc(N2CCNCC2)c2occc12.O=C(O)C(=O)O. The lowest BCUT2D eigenvalue weighted by Crippen LogP contribution is -2.43. The van der Waals surface area contributed by atoms with E-state index in [-0.39, 0.29) is 5.82 Å². The van der Waals surface area contributed by atoms with Crippen molar-refractivity contribution in [1.82, 2.24) is 5.32 Å². The summed E-state index contributed by atoms with van der Waals surface area (Å²) in [5.41, 5.74) is 2.33. The molecule has 1 aromatic carbocycles. The summed E-state index contributed by atoms with van der Waals surface area (Å²) < 4.78 is 19.4. The Hall–Kier alpha value is -2.61. The number of hydrogen-bond acceptors (Lipinski definition) is 5. The summed E-state index contributed by atoms with van der Waals surface area (Å²) in [4.78, 5) is 20.4. The number of nitrogens with zero attached hydrogens (tertiary/aromatic N) is 1. The van der Waals surface area contributed by atoms with Gasteiger partial charge in [0, 0.05) is 37.6 Å². The van der Waals surface area contributed by atoms with E-state index in [1.165, 1.54) is 0 Å². The minimum Gasteiger partial charge on any atom is -0.473 e. The molecule has 2 heterocycles. The number of aliphatic carboxylic acids is 2. The molecular weight excluding hydrogens is 307 g/mol. The first-order valence-corrected chi connectivity index (χ1v) is 7.00. The summed E-state index contributed by atoms with van der Waals surface area (Å²) in [6, 6.07) is 3.42. The summed E-state index contributed by atoms with van der Waals surface area (Å²) in [5.74, 6) is -3.81. The number of fused-ring (bicyclic) bond motifs is 1. The maximum atomic E-state index is 13.9. The Morgan fingerprint density at radius 2 is 1.87 bits per heavy atom. The van der Waals surface area contributed by atoms with Gasteiger partial charge in [-0.25, -0.2) is 14.0 Å². The van der Waals surface area contributed by atoms with Crippen LogP contribution in [0, 0.1) is 12.7 Å². The van der Waals surface area contributed by atoms with Crippen LogP contribution in [0.1, 0.15) is 5.56 Å². The number of furan rings is 1.